The molecule has 10 heteroatoms. The Balaban J connectivity index is 1.59. The lowest BCUT2D eigenvalue weighted by Crippen LogP contribution is -2.17. The van der Waals surface area contributed by atoms with Crippen molar-refractivity contribution in [1.82, 2.24) is 9.38 Å². The normalized spacial score (nSPS) is 10.6. The maximum atomic E-state index is 11.8. The zero-order valence-electron chi connectivity index (χ0n) is 12.7. The lowest BCUT2D eigenvalue weighted by Gasteiger charge is -2.07. The highest BCUT2D eigenvalue weighted by Gasteiger charge is 2.15. The zero-order chi connectivity index (χ0) is 17.8. The molecule has 1 aromatic carbocycles. The number of hydrogen-bond donors (Lipinski definition) is 0. The Kier molecular flexibility index (Phi) is 4.70. The SMILES string of the molecule is O=C(COc1ccccc1[N+](=O)[O-])OCc1cc(=O)n2ccsc2n1. The van der Waals surface area contributed by atoms with Crippen molar-refractivity contribution >= 4 is 28.0 Å². The fourth-order valence-electron chi connectivity index (χ4n) is 2.02. The van der Waals surface area contributed by atoms with Gasteiger partial charge in [-0.2, -0.15) is 0 Å². The van der Waals surface area contributed by atoms with Crippen molar-refractivity contribution in [2.45, 2.75) is 6.61 Å². The van der Waals surface area contributed by atoms with E-state index in [4.69, 9.17) is 9.47 Å². The number of nitrogens with zero attached hydrogens (tertiary/aromatic N) is 3. The number of rotatable bonds is 6. The van der Waals surface area contributed by atoms with Crippen molar-refractivity contribution in [1.29, 1.82) is 0 Å². The number of benzene rings is 1. The van der Waals surface area contributed by atoms with Gasteiger partial charge < -0.3 is 9.47 Å². The van der Waals surface area contributed by atoms with E-state index in [-0.39, 0.29) is 23.6 Å². The van der Waals surface area contributed by atoms with E-state index < -0.39 is 17.5 Å². The highest BCUT2D eigenvalue weighted by molar-refractivity contribution is 7.15. The van der Waals surface area contributed by atoms with Crippen LogP contribution in [0.15, 0.2) is 46.7 Å². The predicted molar refractivity (Wildman–Crippen MR) is 87.7 cm³/mol. The van der Waals surface area contributed by atoms with Gasteiger partial charge in [0, 0.05) is 23.7 Å². The average Bonchev–Trinajstić information content (AvgIpc) is 3.07. The third-order valence-electron chi connectivity index (χ3n) is 3.14. The summed E-state index contributed by atoms with van der Waals surface area (Å²) >= 11 is 1.28. The van der Waals surface area contributed by atoms with Crippen LogP contribution in [0.1, 0.15) is 5.69 Å². The molecule has 2 heterocycles. The van der Waals surface area contributed by atoms with Gasteiger partial charge in [0.1, 0.15) is 6.61 Å². The number of carbonyl (C=O) groups excluding carboxylic acids is 1. The molecule has 0 amide bonds. The van der Waals surface area contributed by atoms with Gasteiger partial charge in [-0.1, -0.05) is 12.1 Å². The maximum Gasteiger partial charge on any atom is 0.344 e. The summed E-state index contributed by atoms with van der Waals surface area (Å²) in [6.45, 7) is -0.687. The number of fused-ring (bicyclic) bond motifs is 1. The molecule has 9 nitrogen and oxygen atoms in total. The first-order chi connectivity index (χ1) is 12.0. The highest BCUT2D eigenvalue weighted by atomic mass is 32.1. The average molecular weight is 361 g/mol. The lowest BCUT2D eigenvalue weighted by atomic mass is 10.3. The predicted octanol–water partition coefficient (Wildman–Crippen LogP) is 1.79. The first-order valence-corrected chi connectivity index (χ1v) is 7.90. The fraction of sp³-hybridized carbons (Fsp3) is 0.133. The van der Waals surface area contributed by atoms with Crippen LogP contribution in [0, 0.1) is 10.1 Å². The standard InChI is InChI=1S/C15H11N3O6S/c19-13-7-10(16-15-17(13)5-6-25-15)8-24-14(20)9-23-12-4-2-1-3-11(12)18(21)22/h1-7H,8-9H2. The van der Waals surface area contributed by atoms with E-state index in [0.717, 1.165) is 0 Å². The van der Waals surface area contributed by atoms with Crippen LogP contribution < -0.4 is 10.3 Å². The summed E-state index contributed by atoms with van der Waals surface area (Å²) < 4.78 is 11.5. The van der Waals surface area contributed by atoms with Crippen LogP contribution in [0.25, 0.3) is 4.96 Å². The summed E-state index contributed by atoms with van der Waals surface area (Å²) in [5, 5.41) is 12.6. The molecule has 128 valence electrons. The van der Waals surface area contributed by atoms with Crippen molar-refractivity contribution in [3.05, 3.63) is 68.1 Å². The Bertz CT molecular complexity index is 996. The second-order valence-electron chi connectivity index (χ2n) is 4.82. The van der Waals surface area contributed by atoms with Crippen molar-refractivity contribution in [3.63, 3.8) is 0 Å². The molecule has 0 N–H and O–H groups in total. The van der Waals surface area contributed by atoms with Gasteiger partial charge in [-0.05, 0) is 6.07 Å². The molecule has 0 bridgehead atoms. The van der Waals surface area contributed by atoms with E-state index >= 15 is 0 Å². The van der Waals surface area contributed by atoms with Crippen LogP contribution >= 0.6 is 11.3 Å². The van der Waals surface area contributed by atoms with Gasteiger partial charge in [0.25, 0.3) is 5.56 Å². The molecule has 0 atom stereocenters. The minimum Gasteiger partial charge on any atom is -0.475 e. The molecule has 0 radical (unpaired) electrons. The van der Waals surface area contributed by atoms with Crippen LogP contribution in [0.2, 0.25) is 0 Å². The first-order valence-electron chi connectivity index (χ1n) is 7.02. The topological polar surface area (TPSA) is 113 Å². The van der Waals surface area contributed by atoms with E-state index in [0.29, 0.717) is 10.7 Å². The van der Waals surface area contributed by atoms with E-state index in [1.165, 1.54) is 40.0 Å². The van der Waals surface area contributed by atoms with Crippen LogP contribution in [0.3, 0.4) is 0 Å². The number of esters is 1. The molecule has 25 heavy (non-hydrogen) atoms. The molecule has 0 aliphatic heterocycles. The molecular weight excluding hydrogens is 350 g/mol. The first kappa shape index (κ1) is 16.6. The summed E-state index contributed by atoms with van der Waals surface area (Å²) in [4.78, 5) is 38.5. The van der Waals surface area contributed by atoms with Crippen molar-refractivity contribution in [2.24, 2.45) is 0 Å². The summed E-state index contributed by atoms with van der Waals surface area (Å²) in [7, 11) is 0. The van der Waals surface area contributed by atoms with E-state index in [1.807, 2.05) is 0 Å². The second kappa shape index (κ2) is 7.09. The van der Waals surface area contributed by atoms with Gasteiger partial charge in [-0.25, -0.2) is 9.78 Å². The minimum atomic E-state index is -0.730. The van der Waals surface area contributed by atoms with Gasteiger partial charge >= 0.3 is 11.7 Å². The number of carbonyl (C=O) groups is 1. The number of para-hydroxylation sites is 2. The summed E-state index contributed by atoms with van der Waals surface area (Å²) in [5.74, 6) is -0.757. The summed E-state index contributed by atoms with van der Waals surface area (Å²) in [6.07, 6.45) is 1.60. The van der Waals surface area contributed by atoms with Gasteiger partial charge in [-0.15, -0.1) is 11.3 Å². The van der Waals surface area contributed by atoms with Crippen LogP contribution in [0.5, 0.6) is 5.75 Å². The number of aromatic nitrogens is 2. The molecule has 0 unspecified atom stereocenters. The fourth-order valence-corrected chi connectivity index (χ4v) is 2.76. The zero-order valence-corrected chi connectivity index (χ0v) is 13.5. The quantitative estimate of drug-likeness (QED) is 0.373. The Hall–Kier alpha value is -3.27. The lowest BCUT2D eigenvalue weighted by molar-refractivity contribution is -0.385. The third-order valence-corrected chi connectivity index (χ3v) is 3.90. The number of nitro groups is 1. The van der Waals surface area contributed by atoms with E-state index in [2.05, 4.69) is 4.98 Å². The molecule has 2 aromatic heterocycles. The number of hydrogen-bond acceptors (Lipinski definition) is 8. The van der Waals surface area contributed by atoms with Crippen molar-refractivity contribution in [3.8, 4) is 5.75 Å². The van der Waals surface area contributed by atoms with Crippen molar-refractivity contribution < 1.29 is 19.2 Å². The molecule has 0 saturated carbocycles. The van der Waals surface area contributed by atoms with E-state index in [9.17, 15) is 19.7 Å². The summed E-state index contributed by atoms with van der Waals surface area (Å²) in [5.41, 5.74) is -0.201. The summed E-state index contributed by atoms with van der Waals surface area (Å²) in [6, 6.07) is 6.98. The molecule has 0 aliphatic carbocycles. The van der Waals surface area contributed by atoms with Gasteiger partial charge in [0.05, 0.1) is 10.6 Å². The molecule has 0 saturated heterocycles. The Morgan fingerprint density at radius 3 is 2.96 bits per heavy atom. The Morgan fingerprint density at radius 2 is 2.16 bits per heavy atom. The number of nitro benzene ring substituents is 1. The Morgan fingerprint density at radius 1 is 1.36 bits per heavy atom. The molecule has 0 spiro atoms. The minimum absolute atomic E-state index is 0.0270. The second-order valence-corrected chi connectivity index (χ2v) is 5.69. The highest BCUT2D eigenvalue weighted by Crippen LogP contribution is 2.25. The largest absolute Gasteiger partial charge is 0.475 e. The molecule has 3 rings (SSSR count). The van der Waals surface area contributed by atoms with Gasteiger partial charge in [0.2, 0.25) is 0 Å². The van der Waals surface area contributed by atoms with Crippen molar-refractivity contribution in [2.75, 3.05) is 6.61 Å². The maximum absolute atomic E-state index is 11.8. The molecule has 0 aliphatic rings. The molecular formula is C15H11N3O6S. The van der Waals surface area contributed by atoms with E-state index in [1.54, 1.807) is 17.6 Å². The monoisotopic (exact) mass is 361 g/mol. The van der Waals surface area contributed by atoms with Gasteiger partial charge in [-0.3, -0.25) is 19.3 Å². The Labute approximate surface area is 144 Å². The van der Waals surface area contributed by atoms with Crippen LogP contribution in [-0.2, 0) is 16.1 Å². The number of thiazole rings is 1. The van der Waals surface area contributed by atoms with Crippen LogP contribution in [0.4, 0.5) is 5.69 Å². The third kappa shape index (κ3) is 3.80. The van der Waals surface area contributed by atoms with Gasteiger partial charge in [0.15, 0.2) is 17.3 Å². The van der Waals surface area contributed by atoms with Crippen LogP contribution in [-0.4, -0.2) is 26.9 Å². The smallest absolute Gasteiger partial charge is 0.344 e. The number of ether oxygens (including phenoxy) is 2. The molecule has 3 aromatic rings. The molecule has 0 fully saturated rings.